The molecule has 0 saturated heterocycles. The first-order chi connectivity index (χ1) is 13.3. The molecule has 1 unspecified atom stereocenters. The standard InChI is InChI=1S/C23H30N4O/c1-23(2,3)22-25-19-13-8-7-12-18(19)21(26-22)24-15-20(27(4)5)16-10-9-11-17(14-16)28-6/h7-14,20H,15H2,1-6H3,(H,24,25,26). The summed E-state index contributed by atoms with van der Waals surface area (Å²) in [7, 11) is 5.87. The summed E-state index contributed by atoms with van der Waals surface area (Å²) >= 11 is 0. The van der Waals surface area contributed by atoms with Crippen molar-refractivity contribution in [1.82, 2.24) is 14.9 Å². The zero-order valence-corrected chi connectivity index (χ0v) is 17.7. The van der Waals surface area contributed by atoms with E-state index in [4.69, 9.17) is 14.7 Å². The van der Waals surface area contributed by atoms with Gasteiger partial charge in [-0.25, -0.2) is 9.97 Å². The lowest BCUT2D eigenvalue weighted by atomic mass is 9.95. The quantitative estimate of drug-likeness (QED) is 0.676. The number of para-hydroxylation sites is 1. The van der Waals surface area contributed by atoms with Gasteiger partial charge in [0.25, 0.3) is 0 Å². The number of likely N-dealkylation sites (N-methyl/N-ethyl adjacent to an activating group) is 1. The van der Waals surface area contributed by atoms with E-state index in [9.17, 15) is 0 Å². The molecule has 0 amide bonds. The fourth-order valence-electron chi connectivity index (χ4n) is 3.19. The summed E-state index contributed by atoms with van der Waals surface area (Å²) in [6.07, 6.45) is 0. The van der Waals surface area contributed by atoms with Crippen molar-refractivity contribution in [3.63, 3.8) is 0 Å². The highest BCUT2D eigenvalue weighted by atomic mass is 16.5. The topological polar surface area (TPSA) is 50.3 Å². The van der Waals surface area contributed by atoms with Crippen molar-refractivity contribution in [3.8, 4) is 5.75 Å². The first-order valence-corrected chi connectivity index (χ1v) is 9.61. The first kappa shape index (κ1) is 20.1. The van der Waals surface area contributed by atoms with Crippen molar-refractivity contribution >= 4 is 16.7 Å². The minimum absolute atomic E-state index is 0.117. The molecule has 1 heterocycles. The fourth-order valence-corrected chi connectivity index (χ4v) is 3.19. The molecule has 1 N–H and O–H groups in total. The van der Waals surface area contributed by atoms with Crippen LogP contribution in [0.2, 0.25) is 0 Å². The first-order valence-electron chi connectivity index (χ1n) is 9.61. The summed E-state index contributed by atoms with van der Waals surface area (Å²) in [6.45, 7) is 7.14. The summed E-state index contributed by atoms with van der Waals surface area (Å²) in [5.74, 6) is 2.59. The maximum Gasteiger partial charge on any atom is 0.137 e. The van der Waals surface area contributed by atoms with E-state index in [0.29, 0.717) is 0 Å². The number of fused-ring (bicyclic) bond motifs is 1. The van der Waals surface area contributed by atoms with Gasteiger partial charge in [-0.15, -0.1) is 0 Å². The van der Waals surface area contributed by atoms with Crippen LogP contribution in [0.5, 0.6) is 5.75 Å². The maximum absolute atomic E-state index is 5.40. The molecule has 0 spiro atoms. The predicted molar refractivity (Wildman–Crippen MR) is 116 cm³/mol. The zero-order valence-electron chi connectivity index (χ0n) is 17.7. The Kier molecular flexibility index (Phi) is 5.84. The number of hydrogen-bond donors (Lipinski definition) is 1. The SMILES string of the molecule is COc1cccc(C(CNc2nc(C(C)(C)C)nc3ccccc23)N(C)C)c1. The molecule has 1 aromatic heterocycles. The molecule has 3 aromatic rings. The highest BCUT2D eigenvalue weighted by Crippen LogP contribution is 2.28. The Morgan fingerprint density at radius 1 is 1.04 bits per heavy atom. The van der Waals surface area contributed by atoms with Crippen molar-refractivity contribution in [2.24, 2.45) is 0 Å². The van der Waals surface area contributed by atoms with Crippen molar-refractivity contribution in [2.45, 2.75) is 32.2 Å². The second-order valence-corrected chi connectivity index (χ2v) is 8.30. The summed E-state index contributed by atoms with van der Waals surface area (Å²) in [6, 6.07) is 16.6. The number of nitrogens with zero attached hydrogens (tertiary/aromatic N) is 3. The number of ether oxygens (including phenoxy) is 1. The molecule has 0 aliphatic rings. The fraction of sp³-hybridized carbons (Fsp3) is 0.391. The molecule has 3 rings (SSSR count). The molecule has 0 aliphatic heterocycles. The third-order valence-corrected chi connectivity index (χ3v) is 4.84. The molecule has 28 heavy (non-hydrogen) atoms. The minimum atomic E-state index is -0.117. The van der Waals surface area contributed by atoms with Crippen LogP contribution in [-0.4, -0.2) is 42.6 Å². The van der Waals surface area contributed by atoms with E-state index in [-0.39, 0.29) is 11.5 Å². The molecule has 0 fully saturated rings. The summed E-state index contributed by atoms with van der Waals surface area (Å²) in [5.41, 5.74) is 2.05. The number of hydrogen-bond acceptors (Lipinski definition) is 5. The maximum atomic E-state index is 5.40. The number of aromatic nitrogens is 2. The molecule has 5 nitrogen and oxygen atoms in total. The van der Waals surface area contributed by atoms with Gasteiger partial charge in [0.2, 0.25) is 0 Å². The Morgan fingerprint density at radius 2 is 1.79 bits per heavy atom. The third kappa shape index (κ3) is 4.42. The lowest BCUT2D eigenvalue weighted by molar-refractivity contribution is 0.310. The number of benzene rings is 2. The largest absolute Gasteiger partial charge is 0.497 e. The molecule has 148 valence electrons. The highest BCUT2D eigenvalue weighted by Gasteiger charge is 2.21. The Bertz CT molecular complexity index is 947. The molecule has 0 saturated carbocycles. The molecule has 1 atom stereocenters. The molecule has 0 aliphatic carbocycles. The Hall–Kier alpha value is -2.66. The van der Waals surface area contributed by atoms with Crippen LogP contribution < -0.4 is 10.1 Å². The van der Waals surface area contributed by atoms with Crippen molar-refractivity contribution < 1.29 is 4.74 Å². The highest BCUT2D eigenvalue weighted by molar-refractivity contribution is 5.89. The minimum Gasteiger partial charge on any atom is -0.497 e. The molecule has 0 bridgehead atoms. The predicted octanol–water partition coefficient (Wildman–Crippen LogP) is 4.65. The molecular formula is C23H30N4O. The lowest BCUT2D eigenvalue weighted by Gasteiger charge is -2.26. The monoisotopic (exact) mass is 378 g/mol. The van der Waals surface area contributed by atoms with E-state index in [1.807, 2.05) is 30.3 Å². The Labute approximate surface area is 167 Å². The number of anilines is 1. The number of methoxy groups -OCH3 is 1. The van der Waals surface area contributed by atoms with Crippen LogP contribution in [0.15, 0.2) is 48.5 Å². The van der Waals surface area contributed by atoms with E-state index in [1.165, 1.54) is 5.56 Å². The second-order valence-electron chi connectivity index (χ2n) is 8.30. The molecule has 0 radical (unpaired) electrons. The zero-order chi connectivity index (χ0) is 20.3. The van der Waals surface area contributed by atoms with Crippen molar-refractivity contribution in [1.29, 1.82) is 0 Å². The van der Waals surface area contributed by atoms with Gasteiger partial charge in [-0.2, -0.15) is 0 Å². The Balaban J connectivity index is 1.94. The van der Waals surface area contributed by atoms with Crippen LogP contribution >= 0.6 is 0 Å². The van der Waals surface area contributed by atoms with Gasteiger partial charge < -0.3 is 15.0 Å². The smallest absolute Gasteiger partial charge is 0.137 e. The summed E-state index contributed by atoms with van der Waals surface area (Å²) in [5, 5.41) is 4.62. The van der Waals surface area contributed by atoms with Crippen LogP contribution in [-0.2, 0) is 5.41 Å². The van der Waals surface area contributed by atoms with E-state index in [1.54, 1.807) is 7.11 Å². The van der Waals surface area contributed by atoms with Crippen LogP contribution in [0, 0.1) is 0 Å². The van der Waals surface area contributed by atoms with Crippen LogP contribution in [0.25, 0.3) is 10.9 Å². The van der Waals surface area contributed by atoms with Crippen LogP contribution in [0.1, 0.15) is 38.2 Å². The molecule has 2 aromatic carbocycles. The average molecular weight is 379 g/mol. The van der Waals surface area contributed by atoms with Gasteiger partial charge in [-0.3, -0.25) is 0 Å². The molecule has 5 heteroatoms. The van der Waals surface area contributed by atoms with E-state index in [0.717, 1.165) is 34.8 Å². The van der Waals surface area contributed by atoms with Crippen molar-refractivity contribution in [2.75, 3.05) is 33.1 Å². The van der Waals surface area contributed by atoms with E-state index >= 15 is 0 Å². The van der Waals surface area contributed by atoms with Gasteiger partial charge in [0.15, 0.2) is 0 Å². The lowest BCUT2D eigenvalue weighted by Crippen LogP contribution is -2.27. The summed E-state index contributed by atoms with van der Waals surface area (Å²) in [4.78, 5) is 11.8. The van der Waals surface area contributed by atoms with Gasteiger partial charge in [0.05, 0.1) is 18.7 Å². The summed E-state index contributed by atoms with van der Waals surface area (Å²) < 4.78 is 5.40. The average Bonchev–Trinajstić information content (AvgIpc) is 2.67. The second kappa shape index (κ2) is 8.15. The van der Waals surface area contributed by atoms with Crippen LogP contribution in [0.4, 0.5) is 5.82 Å². The van der Waals surface area contributed by atoms with Gasteiger partial charge >= 0.3 is 0 Å². The van der Waals surface area contributed by atoms with Gasteiger partial charge in [0, 0.05) is 17.3 Å². The van der Waals surface area contributed by atoms with Crippen LogP contribution in [0.3, 0.4) is 0 Å². The number of rotatable bonds is 6. The third-order valence-electron chi connectivity index (χ3n) is 4.84. The molecular weight excluding hydrogens is 348 g/mol. The normalized spacial score (nSPS) is 13.0. The van der Waals surface area contributed by atoms with Gasteiger partial charge in [-0.1, -0.05) is 45.0 Å². The van der Waals surface area contributed by atoms with Crippen molar-refractivity contribution in [3.05, 3.63) is 59.9 Å². The van der Waals surface area contributed by atoms with E-state index in [2.05, 4.69) is 63.3 Å². The van der Waals surface area contributed by atoms with E-state index < -0.39 is 0 Å². The Morgan fingerprint density at radius 3 is 2.46 bits per heavy atom. The number of nitrogens with one attached hydrogen (secondary N) is 1. The van der Waals surface area contributed by atoms with Gasteiger partial charge in [0.1, 0.15) is 17.4 Å². The van der Waals surface area contributed by atoms with Gasteiger partial charge in [-0.05, 0) is 43.9 Å².